The summed E-state index contributed by atoms with van der Waals surface area (Å²) in [6, 6.07) is 8.86. The van der Waals surface area contributed by atoms with Crippen LogP contribution in [0.2, 0.25) is 0 Å². The van der Waals surface area contributed by atoms with E-state index in [-0.39, 0.29) is 0 Å². The summed E-state index contributed by atoms with van der Waals surface area (Å²) >= 11 is 0. The second-order valence-electron chi connectivity index (χ2n) is 7.38. The first kappa shape index (κ1) is 13.4. The predicted octanol–water partition coefficient (Wildman–Crippen LogP) is 3.03. The molecule has 2 N–H and O–H groups in total. The first-order valence-electron chi connectivity index (χ1n) is 8.67. The maximum absolute atomic E-state index is 3.78. The Hall–Kier alpha value is -1.28. The molecule has 1 unspecified atom stereocenters. The molecular weight excluding hydrogens is 256 g/mol. The third kappa shape index (κ3) is 1.96. The van der Waals surface area contributed by atoms with Crippen LogP contribution in [-0.2, 0) is 12.0 Å². The van der Waals surface area contributed by atoms with Crippen molar-refractivity contribution in [2.24, 2.45) is 5.92 Å². The number of quaternary nitrogens is 1. The first-order valence-corrected chi connectivity index (χ1v) is 8.67. The fourth-order valence-corrected chi connectivity index (χ4v) is 4.93. The number of para-hydroxylation sites is 1. The summed E-state index contributed by atoms with van der Waals surface area (Å²) in [6.45, 7) is 7.51. The topological polar surface area (TPSA) is 20.2 Å². The van der Waals surface area contributed by atoms with Crippen LogP contribution < -0.4 is 4.90 Å². The van der Waals surface area contributed by atoms with Crippen LogP contribution in [0.4, 0.5) is 0 Å². The quantitative estimate of drug-likeness (QED) is 0.863. The van der Waals surface area contributed by atoms with E-state index in [2.05, 4.69) is 43.1 Å². The summed E-state index contributed by atoms with van der Waals surface area (Å²) < 4.78 is 0. The molecule has 0 radical (unpaired) electrons. The minimum absolute atomic E-state index is 0.324. The molecule has 1 aromatic heterocycles. The second kappa shape index (κ2) is 4.88. The zero-order valence-corrected chi connectivity index (χ0v) is 13.3. The van der Waals surface area contributed by atoms with Crippen molar-refractivity contribution in [2.75, 3.05) is 13.1 Å². The maximum Gasteiger partial charge on any atom is 0.136 e. The number of benzene rings is 1. The van der Waals surface area contributed by atoms with E-state index in [0.29, 0.717) is 5.54 Å². The maximum atomic E-state index is 3.78. The van der Waals surface area contributed by atoms with Gasteiger partial charge >= 0.3 is 0 Å². The highest BCUT2D eigenvalue weighted by Gasteiger charge is 2.51. The van der Waals surface area contributed by atoms with Gasteiger partial charge in [0.15, 0.2) is 0 Å². The highest BCUT2D eigenvalue weighted by atomic mass is 15.2. The van der Waals surface area contributed by atoms with Gasteiger partial charge in [0.1, 0.15) is 5.54 Å². The Balaban J connectivity index is 1.73. The van der Waals surface area contributed by atoms with Crippen molar-refractivity contribution in [1.29, 1.82) is 0 Å². The summed E-state index contributed by atoms with van der Waals surface area (Å²) in [7, 11) is 0. The molecule has 0 spiro atoms. The molecule has 0 saturated carbocycles. The lowest BCUT2D eigenvalue weighted by atomic mass is 9.84. The van der Waals surface area contributed by atoms with Gasteiger partial charge in [0.05, 0.1) is 18.8 Å². The number of H-pyrrole nitrogens is 1. The first-order chi connectivity index (χ1) is 10.2. The van der Waals surface area contributed by atoms with Gasteiger partial charge < -0.3 is 9.88 Å². The molecule has 2 aliphatic heterocycles. The zero-order valence-electron chi connectivity index (χ0n) is 13.3. The monoisotopic (exact) mass is 283 g/mol. The summed E-state index contributed by atoms with van der Waals surface area (Å²) in [5.41, 5.74) is 4.81. The fraction of sp³-hybridized carbons (Fsp3) is 0.579. The van der Waals surface area contributed by atoms with Gasteiger partial charge in [-0.25, -0.2) is 0 Å². The van der Waals surface area contributed by atoms with Gasteiger partial charge in [-0.3, -0.25) is 0 Å². The number of nitrogens with one attached hydrogen (secondary N) is 2. The van der Waals surface area contributed by atoms with E-state index in [1.807, 2.05) is 4.90 Å². The molecule has 2 aliphatic rings. The predicted molar refractivity (Wildman–Crippen MR) is 87.7 cm³/mol. The van der Waals surface area contributed by atoms with Crippen molar-refractivity contribution in [2.45, 2.75) is 51.5 Å². The Morgan fingerprint density at radius 2 is 2.19 bits per heavy atom. The Bertz CT molecular complexity index is 657. The Morgan fingerprint density at radius 1 is 1.33 bits per heavy atom. The zero-order chi connectivity index (χ0) is 14.4. The minimum Gasteiger partial charge on any atom is -0.353 e. The van der Waals surface area contributed by atoms with E-state index in [4.69, 9.17) is 0 Å². The van der Waals surface area contributed by atoms with Gasteiger partial charge in [0.25, 0.3) is 0 Å². The van der Waals surface area contributed by atoms with Crippen molar-refractivity contribution in [3.63, 3.8) is 0 Å². The smallest absolute Gasteiger partial charge is 0.136 e. The van der Waals surface area contributed by atoms with Crippen LogP contribution in [-0.4, -0.2) is 18.1 Å². The Morgan fingerprint density at radius 3 is 3.05 bits per heavy atom. The molecule has 4 rings (SSSR count). The normalized spacial score (nSPS) is 31.3. The molecule has 112 valence electrons. The molecule has 0 amide bonds. The van der Waals surface area contributed by atoms with E-state index < -0.39 is 0 Å². The number of unbranched alkanes of at least 4 members (excludes halogenated alkanes) is 1. The van der Waals surface area contributed by atoms with Gasteiger partial charge in [-0.2, -0.15) is 0 Å². The largest absolute Gasteiger partial charge is 0.353 e. The molecule has 3 atom stereocenters. The molecule has 21 heavy (non-hydrogen) atoms. The van der Waals surface area contributed by atoms with Crippen LogP contribution in [0, 0.1) is 5.92 Å². The standard InChI is InChI=1S/C19H26N2/c1-3-4-7-14-12-19(2)18-16(10-11-21(19)13-14)15-8-5-6-9-17(15)20-18/h5-6,8-9,14,20H,3-4,7,10-13H2,1-2H3/p+1/t14-,19-/m0/s1. The molecule has 1 fully saturated rings. The summed E-state index contributed by atoms with van der Waals surface area (Å²) in [4.78, 5) is 5.61. The average molecular weight is 283 g/mol. The van der Waals surface area contributed by atoms with E-state index in [1.165, 1.54) is 56.1 Å². The highest BCUT2D eigenvalue weighted by Crippen LogP contribution is 2.38. The number of hydrogen-bond acceptors (Lipinski definition) is 0. The molecule has 1 aromatic carbocycles. The van der Waals surface area contributed by atoms with Gasteiger partial charge in [-0.1, -0.05) is 38.0 Å². The SMILES string of the molecule is CCCC[C@@H]1C[NH+]2CCc3c([nH]c4ccccc34)[C@]2(C)C1. The van der Waals surface area contributed by atoms with Crippen molar-refractivity contribution < 1.29 is 4.90 Å². The molecule has 3 heterocycles. The van der Waals surface area contributed by atoms with Crippen molar-refractivity contribution in [1.82, 2.24) is 4.98 Å². The van der Waals surface area contributed by atoms with Crippen LogP contribution in [0.5, 0.6) is 0 Å². The average Bonchev–Trinajstić information content (AvgIpc) is 3.03. The molecule has 0 bridgehead atoms. The van der Waals surface area contributed by atoms with Crippen LogP contribution in [0.15, 0.2) is 24.3 Å². The lowest BCUT2D eigenvalue weighted by molar-refractivity contribution is -0.948. The van der Waals surface area contributed by atoms with Crippen molar-refractivity contribution in [3.8, 4) is 0 Å². The molecule has 0 aliphatic carbocycles. The molecule has 2 heteroatoms. The Labute approximate surface area is 127 Å². The summed E-state index contributed by atoms with van der Waals surface area (Å²) in [6.07, 6.45) is 6.76. The number of rotatable bonds is 3. The number of fused-ring (bicyclic) bond motifs is 5. The fourth-order valence-electron chi connectivity index (χ4n) is 4.93. The second-order valence-corrected chi connectivity index (χ2v) is 7.38. The number of aromatic amines is 1. The Kier molecular flexibility index (Phi) is 3.11. The lowest BCUT2D eigenvalue weighted by Crippen LogP contribution is -3.17. The molecule has 1 saturated heterocycles. The van der Waals surface area contributed by atoms with Crippen LogP contribution >= 0.6 is 0 Å². The van der Waals surface area contributed by atoms with Gasteiger partial charge in [-0.05, 0) is 25.0 Å². The van der Waals surface area contributed by atoms with Gasteiger partial charge in [-0.15, -0.1) is 0 Å². The number of hydrogen-bond donors (Lipinski definition) is 2. The summed E-state index contributed by atoms with van der Waals surface area (Å²) in [5, 5.41) is 1.46. The van der Waals surface area contributed by atoms with Gasteiger partial charge in [0.2, 0.25) is 0 Å². The van der Waals surface area contributed by atoms with E-state index >= 15 is 0 Å². The van der Waals surface area contributed by atoms with E-state index in [0.717, 1.165) is 5.92 Å². The van der Waals surface area contributed by atoms with Crippen molar-refractivity contribution in [3.05, 3.63) is 35.5 Å². The van der Waals surface area contributed by atoms with Crippen LogP contribution in [0.1, 0.15) is 50.8 Å². The van der Waals surface area contributed by atoms with Crippen LogP contribution in [0.25, 0.3) is 10.9 Å². The molecule has 2 nitrogen and oxygen atoms in total. The third-order valence-electron chi connectivity index (χ3n) is 6.02. The van der Waals surface area contributed by atoms with E-state index in [9.17, 15) is 0 Å². The minimum atomic E-state index is 0.324. The van der Waals surface area contributed by atoms with Crippen LogP contribution in [0.3, 0.4) is 0 Å². The molecular formula is C19H27N2+. The van der Waals surface area contributed by atoms with E-state index in [1.54, 1.807) is 11.3 Å². The molecule has 2 aromatic rings. The number of aromatic nitrogens is 1. The lowest BCUT2D eigenvalue weighted by Gasteiger charge is -2.36. The highest BCUT2D eigenvalue weighted by molar-refractivity contribution is 5.85. The summed E-state index contributed by atoms with van der Waals surface area (Å²) in [5.74, 6) is 0.919. The third-order valence-corrected chi connectivity index (χ3v) is 6.02. The van der Waals surface area contributed by atoms with Crippen molar-refractivity contribution >= 4 is 10.9 Å². The van der Waals surface area contributed by atoms with Gasteiger partial charge in [0, 0.05) is 29.7 Å².